The van der Waals surface area contributed by atoms with E-state index in [0.717, 1.165) is 17.8 Å². The number of fused-ring (bicyclic) bond motifs is 1. The summed E-state index contributed by atoms with van der Waals surface area (Å²) in [7, 11) is 0. The Morgan fingerprint density at radius 1 is 1.27 bits per heavy atom. The van der Waals surface area contributed by atoms with E-state index >= 15 is 0 Å². The number of aryl methyl sites for hydroxylation is 1. The number of aromatic nitrogens is 4. The summed E-state index contributed by atoms with van der Waals surface area (Å²) in [6.07, 6.45) is -2.15. The Bertz CT molecular complexity index is 876. The van der Waals surface area contributed by atoms with Gasteiger partial charge in [-0.05, 0) is 26.0 Å². The maximum atomic E-state index is 13.4. The zero-order valence-corrected chi connectivity index (χ0v) is 11.7. The van der Waals surface area contributed by atoms with Crippen molar-refractivity contribution >= 4 is 11.4 Å². The van der Waals surface area contributed by atoms with E-state index in [4.69, 9.17) is 0 Å². The molecule has 22 heavy (non-hydrogen) atoms. The molecule has 5 nitrogen and oxygen atoms in total. The van der Waals surface area contributed by atoms with Gasteiger partial charge in [0, 0.05) is 6.20 Å². The summed E-state index contributed by atoms with van der Waals surface area (Å²) in [5, 5.41) is 3.76. The van der Waals surface area contributed by atoms with Crippen molar-refractivity contribution in [2.75, 3.05) is 0 Å². The maximum Gasteiger partial charge on any atom is 0.434 e. The summed E-state index contributed by atoms with van der Waals surface area (Å²) in [6, 6.07) is 4.76. The Hall–Kier alpha value is -2.64. The lowest BCUT2D eigenvalue weighted by molar-refractivity contribution is -0.143. The van der Waals surface area contributed by atoms with Gasteiger partial charge in [-0.25, -0.2) is 9.67 Å². The first-order valence-corrected chi connectivity index (χ1v) is 6.40. The standard InChI is InChI=1S/C14H11F3N4O/c1-8-7-20-11(19-8)4-3-5-12(20)21-13(14(15,16)17)10(6-18-21)9(2)22/h3-7H,1-2H3. The number of nitrogens with zero attached hydrogens (tertiary/aromatic N) is 4. The summed E-state index contributed by atoms with van der Waals surface area (Å²) < 4.78 is 42.3. The van der Waals surface area contributed by atoms with Crippen LogP contribution in [0.1, 0.15) is 28.7 Å². The zero-order chi connectivity index (χ0) is 16.1. The molecule has 0 fully saturated rings. The van der Waals surface area contributed by atoms with Crippen molar-refractivity contribution in [3.8, 4) is 5.82 Å². The number of hydrogen-bond donors (Lipinski definition) is 0. The van der Waals surface area contributed by atoms with Crippen molar-refractivity contribution in [1.29, 1.82) is 0 Å². The molecule has 3 heterocycles. The minimum atomic E-state index is -4.70. The lowest BCUT2D eigenvalue weighted by atomic mass is 10.2. The average molecular weight is 308 g/mol. The molecule has 3 rings (SSSR count). The minimum absolute atomic E-state index is 0.165. The van der Waals surface area contributed by atoms with Crippen LogP contribution in [0.5, 0.6) is 0 Å². The van der Waals surface area contributed by atoms with E-state index in [2.05, 4.69) is 10.1 Å². The van der Waals surface area contributed by atoms with Crippen molar-refractivity contribution in [1.82, 2.24) is 19.2 Å². The monoisotopic (exact) mass is 308 g/mol. The highest BCUT2D eigenvalue weighted by Crippen LogP contribution is 2.33. The van der Waals surface area contributed by atoms with Crippen LogP contribution >= 0.6 is 0 Å². The van der Waals surface area contributed by atoms with Crippen LogP contribution in [0.3, 0.4) is 0 Å². The summed E-state index contributed by atoms with van der Waals surface area (Å²) in [5.41, 5.74) is -0.372. The predicted molar refractivity (Wildman–Crippen MR) is 72.1 cm³/mol. The van der Waals surface area contributed by atoms with Gasteiger partial charge in [0.25, 0.3) is 0 Å². The number of pyridine rings is 1. The van der Waals surface area contributed by atoms with Crippen LogP contribution in [0.2, 0.25) is 0 Å². The third kappa shape index (κ3) is 2.16. The number of alkyl halides is 3. The van der Waals surface area contributed by atoms with Crippen LogP contribution in [0.15, 0.2) is 30.6 Å². The largest absolute Gasteiger partial charge is 0.434 e. The molecular weight excluding hydrogens is 297 g/mol. The van der Waals surface area contributed by atoms with E-state index in [1.165, 1.54) is 10.5 Å². The molecule has 0 saturated heterocycles. The molecule has 3 aromatic heterocycles. The van der Waals surface area contributed by atoms with Crippen molar-refractivity contribution in [2.24, 2.45) is 0 Å². The molecule has 0 radical (unpaired) electrons. The van der Waals surface area contributed by atoms with Crippen molar-refractivity contribution in [3.05, 3.63) is 47.5 Å². The molecule has 0 spiro atoms. The molecule has 8 heteroatoms. The van der Waals surface area contributed by atoms with Crippen molar-refractivity contribution < 1.29 is 18.0 Å². The number of carbonyl (C=O) groups is 1. The van der Waals surface area contributed by atoms with Crippen molar-refractivity contribution in [3.63, 3.8) is 0 Å². The lowest BCUT2D eigenvalue weighted by Crippen LogP contribution is -2.18. The fourth-order valence-corrected chi connectivity index (χ4v) is 2.34. The molecule has 114 valence electrons. The van der Waals surface area contributed by atoms with Crippen molar-refractivity contribution in [2.45, 2.75) is 20.0 Å². The second kappa shape index (κ2) is 4.69. The van der Waals surface area contributed by atoms with Crippen LogP contribution in [0.4, 0.5) is 13.2 Å². The second-order valence-corrected chi connectivity index (χ2v) is 4.87. The number of halogens is 3. The van der Waals surface area contributed by atoms with Crippen LogP contribution < -0.4 is 0 Å². The molecular formula is C14H11F3N4O. The Balaban J connectivity index is 2.34. The average Bonchev–Trinajstić information content (AvgIpc) is 2.99. The van der Waals surface area contributed by atoms with Gasteiger partial charge in [-0.1, -0.05) is 6.07 Å². The molecule has 0 aliphatic rings. The third-order valence-corrected chi connectivity index (χ3v) is 3.23. The van der Waals surface area contributed by atoms with E-state index in [1.54, 1.807) is 25.3 Å². The zero-order valence-electron chi connectivity index (χ0n) is 11.7. The number of ketones is 1. The number of hydrogen-bond acceptors (Lipinski definition) is 3. The number of carbonyl (C=O) groups excluding carboxylic acids is 1. The van der Waals surface area contributed by atoms with Gasteiger partial charge in [-0.15, -0.1) is 0 Å². The van der Waals surface area contributed by atoms with E-state index < -0.39 is 23.2 Å². The molecule has 0 N–H and O–H groups in total. The summed E-state index contributed by atoms with van der Waals surface area (Å²) in [5.74, 6) is -0.523. The highest BCUT2D eigenvalue weighted by Gasteiger charge is 2.40. The Morgan fingerprint density at radius 2 is 2.00 bits per heavy atom. The fraction of sp³-hybridized carbons (Fsp3) is 0.214. The SMILES string of the molecule is CC(=O)c1cnn(-c2cccc3nc(C)cn23)c1C(F)(F)F. The highest BCUT2D eigenvalue weighted by atomic mass is 19.4. The summed E-state index contributed by atoms with van der Waals surface area (Å²) in [6.45, 7) is 2.82. The smallest absolute Gasteiger partial charge is 0.294 e. The molecule has 0 aliphatic heterocycles. The Labute approximate surface area is 123 Å². The van der Waals surface area contributed by atoms with Crippen LogP contribution in [-0.2, 0) is 6.18 Å². The van der Waals surface area contributed by atoms with Gasteiger partial charge >= 0.3 is 6.18 Å². The van der Waals surface area contributed by atoms with E-state index in [9.17, 15) is 18.0 Å². The van der Waals surface area contributed by atoms with Crippen LogP contribution in [0, 0.1) is 6.92 Å². The Morgan fingerprint density at radius 3 is 2.64 bits per heavy atom. The summed E-state index contributed by atoms with van der Waals surface area (Å²) >= 11 is 0. The minimum Gasteiger partial charge on any atom is -0.294 e. The molecule has 0 aromatic carbocycles. The van der Waals surface area contributed by atoms with Gasteiger partial charge in [-0.2, -0.15) is 18.3 Å². The lowest BCUT2D eigenvalue weighted by Gasteiger charge is -2.13. The van der Waals surface area contributed by atoms with Crippen LogP contribution in [0.25, 0.3) is 11.5 Å². The maximum absolute atomic E-state index is 13.4. The fourth-order valence-electron chi connectivity index (χ4n) is 2.34. The third-order valence-electron chi connectivity index (χ3n) is 3.23. The molecule has 0 saturated carbocycles. The normalized spacial score (nSPS) is 12.0. The second-order valence-electron chi connectivity index (χ2n) is 4.87. The van der Waals surface area contributed by atoms with Gasteiger partial charge in [0.15, 0.2) is 11.5 Å². The molecule has 0 aliphatic carbocycles. The highest BCUT2D eigenvalue weighted by molar-refractivity contribution is 5.95. The molecule has 3 aromatic rings. The van der Waals surface area contributed by atoms with E-state index in [-0.39, 0.29) is 5.82 Å². The van der Waals surface area contributed by atoms with Gasteiger partial charge in [-0.3, -0.25) is 9.20 Å². The van der Waals surface area contributed by atoms with Gasteiger partial charge in [0.05, 0.1) is 17.5 Å². The molecule has 0 atom stereocenters. The first-order chi connectivity index (χ1) is 10.3. The number of Topliss-reactive ketones (excluding diaryl/α,β-unsaturated/α-hetero) is 1. The van der Waals surface area contributed by atoms with Gasteiger partial charge in [0.1, 0.15) is 11.5 Å². The van der Waals surface area contributed by atoms with Gasteiger partial charge in [0.2, 0.25) is 0 Å². The van der Waals surface area contributed by atoms with E-state index in [1.807, 2.05) is 0 Å². The first-order valence-electron chi connectivity index (χ1n) is 6.40. The first kappa shape index (κ1) is 14.3. The molecule has 0 amide bonds. The van der Waals surface area contributed by atoms with Crippen LogP contribution in [-0.4, -0.2) is 24.9 Å². The topological polar surface area (TPSA) is 52.2 Å². The quantitative estimate of drug-likeness (QED) is 0.684. The molecule has 0 bridgehead atoms. The predicted octanol–water partition coefficient (Wildman–Crippen LogP) is 3.05. The number of imidazole rings is 1. The molecule has 0 unspecified atom stereocenters. The van der Waals surface area contributed by atoms with E-state index in [0.29, 0.717) is 11.3 Å². The summed E-state index contributed by atoms with van der Waals surface area (Å²) in [4.78, 5) is 15.7. The Kier molecular flexibility index (Phi) is 3.05. The van der Waals surface area contributed by atoms with Gasteiger partial charge < -0.3 is 0 Å². The number of rotatable bonds is 2.